The van der Waals surface area contributed by atoms with E-state index in [1.165, 1.54) is 11.1 Å². The van der Waals surface area contributed by atoms with Gasteiger partial charge in [-0.15, -0.1) is 0 Å². The first kappa shape index (κ1) is 32.8. The first-order valence-electron chi connectivity index (χ1n) is 19.3. The van der Waals surface area contributed by atoms with Crippen LogP contribution in [-0.4, -0.2) is 0 Å². The van der Waals surface area contributed by atoms with Gasteiger partial charge in [0.05, 0.1) is 5.69 Å². The number of anilines is 3. The number of hydrogen-bond donors (Lipinski definition) is 0. The van der Waals surface area contributed by atoms with Gasteiger partial charge in [-0.05, 0) is 94.0 Å². The van der Waals surface area contributed by atoms with Crippen molar-refractivity contribution in [2.45, 2.75) is 0 Å². The van der Waals surface area contributed by atoms with Gasteiger partial charge in [0.2, 0.25) is 0 Å². The average Bonchev–Trinajstić information content (AvgIpc) is 3.85. The minimum atomic E-state index is 0.849. The summed E-state index contributed by atoms with van der Waals surface area (Å²) in [5, 5.41) is 4.40. The summed E-state index contributed by atoms with van der Waals surface area (Å²) >= 11 is 0. The van der Waals surface area contributed by atoms with E-state index >= 15 is 0 Å². The molecule has 0 bridgehead atoms. The van der Waals surface area contributed by atoms with Crippen LogP contribution in [0.3, 0.4) is 0 Å². The third-order valence-corrected chi connectivity index (χ3v) is 11.1. The van der Waals surface area contributed by atoms with Crippen molar-refractivity contribution in [3.05, 3.63) is 212 Å². The fraction of sp³-hybridized carbons (Fsp3) is 0. The second-order valence-corrected chi connectivity index (χ2v) is 14.5. The lowest BCUT2D eigenvalue weighted by molar-refractivity contribution is 0.668. The molecule has 11 rings (SSSR count). The van der Waals surface area contributed by atoms with E-state index in [4.69, 9.17) is 8.83 Å². The summed E-state index contributed by atoms with van der Waals surface area (Å²) < 4.78 is 13.0. The van der Waals surface area contributed by atoms with E-state index in [1.807, 2.05) is 18.2 Å². The molecule has 2 heterocycles. The third kappa shape index (κ3) is 5.68. The monoisotopic (exact) mass is 729 g/mol. The number of furan rings is 2. The van der Waals surface area contributed by atoms with Gasteiger partial charge in [-0.3, -0.25) is 0 Å². The standard InChI is InChI=1S/C54H35NO2/c1-3-14-36(15-4-1)38-26-28-41(29-27-38)55(42-30-31-45-44-21-8-11-24-49(44)57-52(45)35-42)48-23-10-7-20-43(48)46-32-33-51-54(47-22-9-12-25-50(47)56-51)53(46)40-19-13-18-39(34-40)37-16-5-2-6-17-37/h1-35H. The molecule has 0 fully saturated rings. The Hall–Kier alpha value is -7.62. The minimum absolute atomic E-state index is 0.849. The van der Waals surface area contributed by atoms with Gasteiger partial charge in [0.25, 0.3) is 0 Å². The number of fused-ring (bicyclic) bond motifs is 6. The largest absolute Gasteiger partial charge is 0.456 e. The normalized spacial score (nSPS) is 11.5. The van der Waals surface area contributed by atoms with Crippen molar-refractivity contribution in [2.24, 2.45) is 0 Å². The summed E-state index contributed by atoms with van der Waals surface area (Å²) in [5.41, 5.74) is 15.7. The van der Waals surface area contributed by atoms with Crippen molar-refractivity contribution in [3.8, 4) is 44.5 Å². The maximum Gasteiger partial charge on any atom is 0.137 e. The Balaban J connectivity index is 1.16. The van der Waals surface area contributed by atoms with Crippen LogP contribution in [0.15, 0.2) is 221 Å². The second kappa shape index (κ2) is 13.6. The van der Waals surface area contributed by atoms with Crippen molar-refractivity contribution < 1.29 is 8.83 Å². The van der Waals surface area contributed by atoms with Crippen molar-refractivity contribution in [2.75, 3.05) is 4.90 Å². The molecule has 0 N–H and O–H groups in total. The maximum atomic E-state index is 6.53. The van der Waals surface area contributed by atoms with Crippen molar-refractivity contribution in [1.29, 1.82) is 0 Å². The van der Waals surface area contributed by atoms with Crippen molar-refractivity contribution >= 4 is 60.9 Å². The number of hydrogen-bond acceptors (Lipinski definition) is 3. The number of rotatable bonds is 7. The predicted molar refractivity (Wildman–Crippen MR) is 237 cm³/mol. The molecule has 57 heavy (non-hydrogen) atoms. The summed E-state index contributed by atoms with van der Waals surface area (Å²) in [6.07, 6.45) is 0. The van der Waals surface area contributed by atoms with Gasteiger partial charge < -0.3 is 13.7 Å². The molecule has 0 saturated heterocycles. The third-order valence-electron chi connectivity index (χ3n) is 11.1. The van der Waals surface area contributed by atoms with Crippen LogP contribution in [-0.2, 0) is 0 Å². The zero-order chi connectivity index (χ0) is 37.7. The predicted octanol–water partition coefficient (Wildman–Crippen LogP) is 15.6. The van der Waals surface area contributed by atoms with Crippen LogP contribution in [0, 0.1) is 0 Å². The number of para-hydroxylation sites is 3. The minimum Gasteiger partial charge on any atom is -0.456 e. The lowest BCUT2D eigenvalue weighted by Crippen LogP contribution is -2.11. The van der Waals surface area contributed by atoms with Gasteiger partial charge in [0, 0.05) is 50.1 Å². The molecule has 0 unspecified atom stereocenters. The van der Waals surface area contributed by atoms with Crippen LogP contribution in [0.1, 0.15) is 0 Å². The first-order valence-corrected chi connectivity index (χ1v) is 19.3. The molecule has 0 spiro atoms. The van der Waals surface area contributed by atoms with Gasteiger partial charge in [0.1, 0.15) is 22.3 Å². The van der Waals surface area contributed by atoms with Crippen LogP contribution in [0.25, 0.3) is 88.4 Å². The summed E-state index contributed by atoms with van der Waals surface area (Å²) in [4.78, 5) is 2.36. The highest BCUT2D eigenvalue weighted by Gasteiger charge is 2.23. The topological polar surface area (TPSA) is 29.5 Å². The molecule has 0 saturated carbocycles. The number of nitrogens with zero attached hydrogens (tertiary/aromatic N) is 1. The Kier molecular flexibility index (Phi) is 7.82. The summed E-state index contributed by atoms with van der Waals surface area (Å²) in [5.74, 6) is 0. The smallest absolute Gasteiger partial charge is 0.137 e. The molecule has 9 aromatic carbocycles. The molecular weight excluding hydrogens is 695 g/mol. The lowest BCUT2D eigenvalue weighted by atomic mass is 9.88. The van der Waals surface area contributed by atoms with Crippen LogP contribution in [0.4, 0.5) is 17.1 Å². The second-order valence-electron chi connectivity index (χ2n) is 14.5. The Morgan fingerprint density at radius 2 is 0.860 bits per heavy atom. The zero-order valence-electron chi connectivity index (χ0n) is 31.0. The van der Waals surface area contributed by atoms with Gasteiger partial charge in [0.15, 0.2) is 0 Å². The van der Waals surface area contributed by atoms with Crippen LogP contribution in [0.5, 0.6) is 0 Å². The lowest BCUT2D eigenvalue weighted by Gasteiger charge is -2.28. The Morgan fingerprint density at radius 1 is 0.298 bits per heavy atom. The highest BCUT2D eigenvalue weighted by Crippen LogP contribution is 2.48. The molecule has 268 valence electrons. The van der Waals surface area contributed by atoms with Gasteiger partial charge in [-0.1, -0.05) is 146 Å². The fourth-order valence-corrected chi connectivity index (χ4v) is 8.44. The van der Waals surface area contributed by atoms with E-state index < -0.39 is 0 Å². The highest BCUT2D eigenvalue weighted by atomic mass is 16.3. The van der Waals surface area contributed by atoms with E-state index in [9.17, 15) is 0 Å². The molecule has 0 amide bonds. The van der Waals surface area contributed by atoms with Gasteiger partial charge >= 0.3 is 0 Å². The fourth-order valence-electron chi connectivity index (χ4n) is 8.44. The quantitative estimate of drug-likeness (QED) is 0.164. The SMILES string of the molecule is c1ccc(-c2ccc(N(c3ccc4c(c3)oc3ccccc34)c3ccccc3-c3ccc4oc5ccccc5c4c3-c3cccc(-c4ccccc4)c3)cc2)cc1. The molecule has 0 atom stereocenters. The van der Waals surface area contributed by atoms with Gasteiger partial charge in [-0.2, -0.15) is 0 Å². The Bertz CT molecular complexity index is 3230. The molecule has 0 radical (unpaired) electrons. The van der Waals surface area contributed by atoms with E-state index in [1.54, 1.807) is 0 Å². The van der Waals surface area contributed by atoms with Crippen molar-refractivity contribution in [1.82, 2.24) is 0 Å². The number of benzene rings is 9. The molecule has 3 heteroatoms. The molecule has 0 aliphatic carbocycles. The molecule has 0 aliphatic rings. The van der Waals surface area contributed by atoms with E-state index in [0.29, 0.717) is 0 Å². The molecular formula is C54H35NO2. The first-order chi connectivity index (χ1) is 28.3. The maximum absolute atomic E-state index is 6.53. The van der Waals surface area contributed by atoms with Crippen molar-refractivity contribution in [3.63, 3.8) is 0 Å². The van der Waals surface area contributed by atoms with Crippen LogP contribution in [0.2, 0.25) is 0 Å². The van der Waals surface area contributed by atoms with E-state index in [-0.39, 0.29) is 0 Å². The highest BCUT2D eigenvalue weighted by molar-refractivity contribution is 6.17. The molecule has 3 nitrogen and oxygen atoms in total. The summed E-state index contributed by atoms with van der Waals surface area (Å²) in [6.45, 7) is 0. The Labute approximate surface area is 330 Å². The van der Waals surface area contributed by atoms with Crippen LogP contribution >= 0.6 is 0 Å². The van der Waals surface area contributed by atoms with E-state index in [0.717, 1.165) is 94.3 Å². The molecule has 0 aliphatic heterocycles. The Morgan fingerprint density at radius 3 is 1.65 bits per heavy atom. The van der Waals surface area contributed by atoms with Gasteiger partial charge in [-0.25, -0.2) is 0 Å². The molecule has 2 aromatic heterocycles. The average molecular weight is 730 g/mol. The van der Waals surface area contributed by atoms with Crippen LogP contribution < -0.4 is 4.90 Å². The zero-order valence-corrected chi connectivity index (χ0v) is 31.0. The summed E-state index contributed by atoms with van der Waals surface area (Å²) in [6, 6.07) is 75.2. The summed E-state index contributed by atoms with van der Waals surface area (Å²) in [7, 11) is 0. The molecule has 11 aromatic rings. The van der Waals surface area contributed by atoms with E-state index in [2.05, 4.69) is 199 Å².